The van der Waals surface area contributed by atoms with E-state index < -0.39 is 0 Å². The van der Waals surface area contributed by atoms with E-state index in [1.54, 1.807) is 14.2 Å². The molecule has 0 bridgehead atoms. The Balaban J connectivity index is 1.90. The van der Waals surface area contributed by atoms with Crippen LogP contribution in [0.15, 0.2) is 65.8 Å². The number of hydrogen-bond donors (Lipinski definition) is 0. The lowest BCUT2D eigenvalue weighted by Gasteiger charge is -2.32. The molecule has 0 radical (unpaired) electrons. The van der Waals surface area contributed by atoms with Gasteiger partial charge in [0.05, 0.1) is 14.2 Å². The Hall–Kier alpha value is -2.48. The third kappa shape index (κ3) is 3.70. The fourth-order valence-corrected chi connectivity index (χ4v) is 4.05. The van der Waals surface area contributed by atoms with Crippen LogP contribution in [0, 0.1) is 5.92 Å². The first-order valence-corrected chi connectivity index (χ1v) is 9.29. The van der Waals surface area contributed by atoms with Crippen molar-refractivity contribution in [2.45, 2.75) is 32.6 Å². The standard InChI is InChI=1S/C24H28O2/c1-17-13-15-21(22-10-6-8-12-24(22)26-4)18(2)20(17)16-14-19-9-5-7-11-23(19)25-3/h5-12,14,16,18,21H,13,15H2,1-4H3/b16-14+. The van der Waals surface area contributed by atoms with Crippen LogP contribution in [-0.4, -0.2) is 14.2 Å². The summed E-state index contributed by atoms with van der Waals surface area (Å²) in [6.45, 7) is 4.60. The van der Waals surface area contributed by atoms with Crippen LogP contribution in [0.5, 0.6) is 11.5 Å². The third-order valence-corrected chi connectivity index (χ3v) is 5.54. The van der Waals surface area contributed by atoms with Gasteiger partial charge in [-0.25, -0.2) is 0 Å². The minimum Gasteiger partial charge on any atom is -0.496 e. The highest BCUT2D eigenvalue weighted by atomic mass is 16.5. The first-order chi connectivity index (χ1) is 12.7. The molecule has 0 N–H and O–H groups in total. The van der Waals surface area contributed by atoms with Crippen LogP contribution in [0.1, 0.15) is 43.7 Å². The van der Waals surface area contributed by atoms with E-state index in [1.165, 1.54) is 23.1 Å². The van der Waals surface area contributed by atoms with Crippen LogP contribution < -0.4 is 9.47 Å². The largest absolute Gasteiger partial charge is 0.496 e. The average molecular weight is 348 g/mol. The maximum atomic E-state index is 5.62. The van der Waals surface area contributed by atoms with Crippen molar-refractivity contribution in [1.29, 1.82) is 0 Å². The maximum absolute atomic E-state index is 5.62. The molecular formula is C24H28O2. The summed E-state index contributed by atoms with van der Waals surface area (Å²) in [6, 6.07) is 16.6. The Kier molecular flexibility index (Phi) is 5.82. The van der Waals surface area contributed by atoms with Crippen molar-refractivity contribution in [3.8, 4) is 11.5 Å². The van der Waals surface area contributed by atoms with Gasteiger partial charge >= 0.3 is 0 Å². The van der Waals surface area contributed by atoms with Gasteiger partial charge < -0.3 is 9.47 Å². The number of ether oxygens (including phenoxy) is 2. The predicted molar refractivity (Wildman–Crippen MR) is 109 cm³/mol. The molecule has 0 aliphatic heterocycles. The zero-order valence-electron chi connectivity index (χ0n) is 16.2. The van der Waals surface area contributed by atoms with E-state index in [1.807, 2.05) is 24.3 Å². The Labute approximate surface area is 157 Å². The molecule has 2 aromatic carbocycles. The van der Waals surface area contributed by atoms with Crippen molar-refractivity contribution in [2.24, 2.45) is 5.92 Å². The molecule has 0 amide bonds. The first-order valence-electron chi connectivity index (χ1n) is 9.29. The van der Waals surface area contributed by atoms with E-state index in [-0.39, 0.29) is 0 Å². The molecule has 0 aromatic heterocycles. The van der Waals surface area contributed by atoms with Gasteiger partial charge in [0.15, 0.2) is 0 Å². The zero-order chi connectivity index (χ0) is 18.5. The van der Waals surface area contributed by atoms with E-state index >= 15 is 0 Å². The molecule has 2 heteroatoms. The van der Waals surface area contributed by atoms with Crippen molar-refractivity contribution in [1.82, 2.24) is 0 Å². The zero-order valence-corrected chi connectivity index (χ0v) is 16.2. The Morgan fingerprint density at radius 2 is 1.54 bits per heavy atom. The molecule has 0 spiro atoms. The summed E-state index contributed by atoms with van der Waals surface area (Å²) in [6.07, 6.45) is 6.75. The summed E-state index contributed by atoms with van der Waals surface area (Å²) in [5.74, 6) is 2.84. The molecule has 3 rings (SSSR count). The van der Waals surface area contributed by atoms with Gasteiger partial charge in [0.25, 0.3) is 0 Å². The second-order valence-corrected chi connectivity index (χ2v) is 6.99. The lowest BCUT2D eigenvalue weighted by atomic mass is 9.73. The van der Waals surface area contributed by atoms with Gasteiger partial charge in [-0.05, 0) is 54.9 Å². The van der Waals surface area contributed by atoms with Gasteiger partial charge in [-0.15, -0.1) is 0 Å². The van der Waals surface area contributed by atoms with Gasteiger partial charge in [-0.1, -0.05) is 61.0 Å². The summed E-state index contributed by atoms with van der Waals surface area (Å²) in [5.41, 5.74) is 5.34. The van der Waals surface area contributed by atoms with Crippen molar-refractivity contribution < 1.29 is 9.47 Å². The number of para-hydroxylation sites is 2. The molecule has 26 heavy (non-hydrogen) atoms. The topological polar surface area (TPSA) is 18.5 Å². The van der Waals surface area contributed by atoms with Crippen molar-refractivity contribution in [3.05, 3.63) is 76.9 Å². The second kappa shape index (κ2) is 8.27. The van der Waals surface area contributed by atoms with E-state index in [0.717, 1.165) is 23.5 Å². The molecular weight excluding hydrogens is 320 g/mol. The van der Waals surface area contributed by atoms with Crippen molar-refractivity contribution >= 4 is 6.08 Å². The summed E-state index contributed by atoms with van der Waals surface area (Å²) in [4.78, 5) is 0. The molecule has 136 valence electrons. The molecule has 2 aromatic rings. The summed E-state index contributed by atoms with van der Waals surface area (Å²) in [5, 5.41) is 0. The Morgan fingerprint density at radius 3 is 2.27 bits per heavy atom. The van der Waals surface area contributed by atoms with Crippen LogP contribution in [0.4, 0.5) is 0 Å². The average Bonchev–Trinajstić information content (AvgIpc) is 2.68. The molecule has 0 saturated heterocycles. The Morgan fingerprint density at radius 1 is 0.885 bits per heavy atom. The fourth-order valence-electron chi connectivity index (χ4n) is 4.05. The van der Waals surface area contributed by atoms with Crippen LogP contribution in [0.2, 0.25) is 0 Å². The molecule has 2 nitrogen and oxygen atoms in total. The highest BCUT2D eigenvalue weighted by molar-refractivity contribution is 5.60. The second-order valence-electron chi connectivity index (χ2n) is 6.99. The van der Waals surface area contributed by atoms with E-state index in [9.17, 15) is 0 Å². The van der Waals surface area contributed by atoms with Gasteiger partial charge in [-0.2, -0.15) is 0 Å². The van der Waals surface area contributed by atoms with Crippen LogP contribution in [0.25, 0.3) is 6.08 Å². The molecule has 2 atom stereocenters. The molecule has 2 unspecified atom stereocenters. The van der Waals surface area contributed by atoms with Gasteiger partial charge in [0, 0.05) is 5.56 Å². The highest BCUT2D eigenvalue weighted by Crippen LogP contribution is 2.44. The van der Waals surface area contributed by atoms with Crippen LogP contribution in [0.3, 0.4) is 0 Å². The normalized spacial score (nSPS) is 20.5. The minimum atomic E-state index is 0.450. The fraction of sp³-hybridized carbons (Fsp3) is 0.333. The van der Waals surface area contributed by atoms with Gasteiger partial charge in [-0.3, -0.25) is 0 Å². The number of rotatable bonds is 5. The van der Waals surface area contributed by atoms with Gasteiger partial charge in [0.2, 0.25) is 0 Å². The minimum absolute atomic E-state index is 0.450. The molecule has 0 heterocycles. The lowest BCUT2D eigenvalue weighted by molar-refractivity contribution is 0.388. The van der Waals surface area contributed by atoms with E-state index in [0.29, 0.717) is 11.8 Å². The van der Waals surface area contributed by atoms with E-state index in [2.05, 4.69) is 50.3 Å². The van der Waals surface area contributed by atoms with Crippen molar-refractivity contribution in [2.75, 3.05) is 14.2 Å². The summed E-state index contributed by atoms with van der Waals surface area (Å²) >= 11 is 0. The smallest absolute Gasteiger partial charge is 0.126 e. The molecule has 0 saturated carbocycles. The van der Waals surface area contributed by atoms with E-state index in [4.69, 9.17) is 9.47 Å². The lowest BCUT2D eigenvalue weighted by Crippen LogP contribution is -2.18. The van der Waals surface area contributed by atoms with Gasteiger partial charge in [0.1, 0.15) is 11.5 Å². The number of benzene rings is 2. The summed E-state index contributed by atoms with van der Waals surface area (Å²) in [7, 11) is 3.48. The third-order valence-electron chi connectivity index (χ3n) is 5.54. The first kappa shape index (κ1) is 18.3. The molecule has 0 fully saturated rings. The number of allylic oxidation sites excluding steroid dienone is 3. The van der Waals surface area contributed by atoms with Crippen molar-refractivity contribution in [3.63, 3.8) is 0 Å². The highest BCUT2D eigenvalue weighted by Gasteiger charge is 2.28. The quantitative estimate of drug-likeness (QED) is 0.636. The number of methoxy groups -OCH3 is 2. The maximum Gasteiger partial charge on any atom is 0.126 e. The molecule has 1 aliphatic rings. The SMILES string of the molecule is COc1ccccc1/C=C/C1=C(C)CCC(c2ccccc2OC)C1C. The monoisotopic (exact) mass is 348 g/mol. The molecule has 1 aliphatic carbocycles. The van der Waals surface area contributed by atoms with Crippen LogP contribution >= 0.6 is 0 Å². The van der Waals surface area contributed by atoms with Crippen LogP contribution in [-0.2, 0) is 0 Å². The predicted octanol–water partition coefficient (Wildman–Crippen LogP) is 6.25. The summed E-state index contributed by atoms with van der Waals surface area (Å²) < 4.78 is 11.1. The number of hydrogen-bond acceptors (Lipinski definition) is 2. The Bertz CT molecular complexity index is 816.